The van der Waals surface area contributed by atoms with Crippen molar-refractivity contribution in [3.05, 3.63) is 53.8 Å². The first kappa shape index (κ1) is 17.1. The summed E-state index contributed by atoms with van der Waals surface area (Å²) >= 11 is 1.35. The quantitative estimate of drug-likeness (QED) is 0.621. The van der Waals surface area contributed by atoms with Gasteiger partial charge in [-0.15, -0.1) is 5.10 Å². The molecule has 1 heterocycles. The molecule has 130 valence electrons. The maximum atomic E-state index is 13.6. The Hall–Kier alpha value is -2.74. The number of hydrogen-bond acceptors (Lipinski definition) is 6. The topological polar surface area (TPSA) is 72.1 Å². The molecule has 3 rings (SSSR count). The number of rotatable bonds is 7. The Kier molecular flexibility index (Phi) is 5.39. The molecule has 0 unspecified atom stereocenters. The van der Waals surface area contributed by atoms with Crippen molar-refractivity contribution in [2.45, 2.75) is 10.9 Å². The molecular formula is C17H17FN4O2S. The van der Waals surface area contributed by atoms with E-state index < -0.39 is 0 Å². The minimum Gasteiger partial charge on any atom is -0.497 e. The van der Waals surface area contributed by atoms with Crippen molar-refractivity contribution >= 4 is 23.4 Å². The van der Waals surface area contributed by atoms with Crippen LogP contribution >= 0.6 is 11.8 Å². The molecule has 25 heavy (non-hydrogen) atoms. The van der Waals surface area contributed by atoms with Gasteiger partial charge >= 0.3 is 0 Å². The van der Waals surface area contributed by atoms with Gasteiger partial charge in [-0.3, -0.25) is 0 Å². The highest BCUT2D eigenvalue weighted by atomic mass is 32.2. The van der Waals surface area contributed by atoms with Crippen molar-refractivity contribution in [3.8, 4) is 11.5 Å². The van der Waals surface area contributed by atoms with E-state index in [0.29, 0.717) is 33.9 Å². The first-order chi connectivity index (χ1) is 12.2. The molecule has 0 saturated carbocycles. The number of hydrogen-bond donors (Lipinski definition) is 2. The third-order valence-corrected chi connectivity index (χ3v) is 4.34. The lowest BCUT2D eigenvalue weighted by Crippen LogP contribution is -1.97. The Morgan fingerprint density at radius 3 is 2.76 bits per heavy atom. The summed E-state index contributed by atoms with van der Waals surface area (Å²) in [5.41, 5.74) is 1.34. The van der Waals surface area contributed by atoms with Gasteiger partial charge in [0.15, 0.2) is 0 Å². The molecule has 0 amide bonds. The summed E-state index contributed by atoms with van der Waals surface area (Å²) in [5.74, 6) is 2.01. The van der Waals surface area contributed by atoms with E-state index in [1.54, 1.807) is 38.5 Å². The maximum Gasteiger partial charge on any atom is 0.224 e. The Morgan fingerprint density at radius 1 is 1.16 bits per heavy atom. The van der Waals surface area contributed by atoms with Crippen LogP contribution in [0.5, 0.6) is 11.5 Å². The smallest absolute Gasteiger partial charge is 0.224 e. The predicted octanol–water partition coefficient (Wildman–Crippen LogP) is 4.00. The molecule has 0 spiro atoms. The molecule has 0 atom stereocenters. The number of ether oxygens (including phenoxy) is 2. The SMILES string of the molecule is COc1ccc(Nc2nc(SCc3ccccc3F)n[nH]2)c(OC)c1. The van der Waals surface area contributed by atoms with Crippen molar-refractivity contribution in [1.82, 2.24) is 15.2 Å². The number of aromatic nitrogens is 3. The zero-order valence-corrected chi connectivity index (χ0v) is 14.6. The lowest BCUT2D eigenvalue weighted by Gasteiger charge is -2.10. The van der Waals surface area contributed by atoms with Gasteiger partial charge in [0.25, 0.3) is 0 Å². The number of nitrogens with one attached hydrogen (secondary N) is 2. The monoisotopic (exact) mass is 360 g/mol. The number of H-pyrrole nitrogens is 1. The van der Waals surface area contributed by atoms with Crippen molar-refractivity contribution in [2.75, 3.05) is 19.5 Å². The van der Waals surface area contributed by atoms with Gasteiger partial charge in [0.1, 0.15) is 17.3 Å². The average Bonchev–Trinajstić information content (AvgIpc) is 3.09. The van der Waals surface area contributed by atoms with Crippen LogP contribution in [0, 0.1) is 5.82 Å². The van der Waals surface area contributed by atoms with Crippen LogP contribution in [-0.4, -0.2) is 29.4 Å². The van der Waals surface area contributed by atoms with Crippen molar-refractivity contribution < 1.29 is 13.9 Å². The van der Waals surface area contributed by atoms with Gasteiger partial charge in [0.05, 0.1) is 19.9 Å². The highest BCUT2D eigenvalue weighted by Gasteiger charge is 2.10. The summed E-state index contributed by atoms with van der Waals surface area (Å²) in [7, 11) is 3.17. The molecule has 1 aromatic heterocycles. The number of benzene rings is 2. The third kappa shape index (κ3) is 4.21. The highest BCUT2D eigenvalue weighted by molar-refractivity contribution is 7.98. The van der Waals surface area contributed by atoms with E-state index in [1.807, 2.05) is 12.1 Å². The van der Waals surface area contributed by atoms with Crippen LogP contribution in [-0.2, 0) is 5.75 Å². The molecule has 0 radical (unpaired) electrons. The largest absolute Gasteiger partial charge is 0.497 e. The van der Waals surface area contributed by atoms with Crippen LogP contribution in [0.1, 0.15) is 5.56 Å². The van der Waals surface area contributed by atoms with E-state index in [1.165, 1.54) is 17.8 Å². The lowest BCUT2D eigenvalue weighted by molar-refractivity contribution is 0.395. The van der Waals surface area contributed by atoms with E-state index in [0.717, 1.165) is 5.69 Å². The van der Waals surface area contributed by atoms with Gasteiger partial charge in [0.2, 0.25) is 11.1 Å². The summed E-state index contributed by atoms with van der Waals surface area (Å²) in [5, 5.41) is 10.6. The van der Waals surface area contributed by atoms with Gasteiger partial charge in [0, 0.05) is 11.8 Å². The molecule has 0 saturated heterocycles. The second-order valence-corrected chi connectivity index (χ2v) is 5.98. The lowest BCUT2D eigenvalue weighted by atomic mass is 10.2. The summed E-state index contributed by atoms with van der Waals surface area (Å²) in [4.78, 5) is 4.34. The molecule has 0 fully saturated rings. The highest BCUT2D eigenvalue weighted by Crippen LogP contribution is 2.31. The van der Waals surface area contributed by atoms with E-state index >= 15 is 0 Å². The van der Waals surface area contributed by atoms with E-state index in [4.69, 9.17) is 9.47 Å². The Bertz CT molecular complexity index is 856. The first-order valence-corrected chi connectivity index (χ1v) is 8.46. The number of anilines is 2. The number of thioether (sulfide) groups is 1. The van der Waals surface area contributed by atoms with Crippen LogP contribution in [0.15, 0.2) is 47.6 Å². The predicted molar refractivity (Wildman–Crippen MR) is 95.2 cm³/mol. The summed E-state index contributed by atoms with van der Waals surface area (Å²) in [6.45, 7) is 0. The minimum atomic E-state index is -0.230. The molecule has 0 aliphatic heterocycles. The molecule has 6 nitrogen and oxygen atoms in total. The Labute approximate surface area is 148 Å². The normalized spacial score (nSPS) is 10.5. The molecule has 8 heteroatoms. The first-order valence-electron chi connectivity index (χ1n) is 7.47. The molecule has 2 aromatic carbocycles. The summed E-state index contributed by atoms with van der Waals surface area (Å²) in [6.07, 6.45) is 0. The van der Waals surface area contributed by atoms with Crippen LogP contribution < -0.4 is 14.8 Å². The van der Waals surface area contributed by atoms with E-state index in [9.17, 15) is 4.39 Å². The number of halogens is 1. The zero-order valence-electron chi connectivity index (χ0n) is 13.7. The van der Waals surface area contributed by atoms with Crippen molar-refractivity contribution in [2.24, 2.45) is 0 Å². The van der Waals surface area contributed by atoms with Gasteiger partial charge < -0.3 is 14.8 Å². The third-order valence-electron chi connectivity index (χ3n) is 3.44. The van der Waals surface area contributed by atoms with Gasteiger partial charge in [-0.25, -0.2) is 9.49 Å². The molecule has 0 bridgehead atoms. The zero-order chi connectivity index (χ0) is 17.6. The van der Waals surface area contributed by atoms with Crippen LogP contribution in [0.25, 0.3) is 0 Å². The molecule has 0 aliphatic carbocycles. The average molecular weight is 360 g/mol. The number of methoxy groups -OCH3 is 2. The fourth-order valence-corrected chi connectivity index (χ4v) is 2.94. The van der Waals surface area contributed by atoms with E-state index in [2.05, 4.69) is 20.5 Å². The Balaban J connectivity index is 1.67. The van der Waals surface area contributed by atoms with E-state index in [-0.39, 0.29) is 5.82 Å². The van der Waals surface area contributed by atoms with Crippen LogP contribution in [0.3, 0.4) is 0 Å². The van der Waals surface area contributed by atoms with Crippen molar-refractivity contribution in [3.63, 3.8) is 0 Å². The van der Waals surface area contributed by atoms with Gasteiger partial charge in [-0.05, 0) is 23.8 Å². The fraction of sp³-hybridized carbons (Fsp3) is 0.176. The van der Waals surface area contributed by atoms with Crippen molar-refractivity contribution in [1.29, 1.82) is 0 Å². The standard InChI is InChI=1S/C17H17FN4O2S/c1-23-12-7-8-14(15(9-12)24-2)19-16-20-17(22-21-16)25-10-11-5-3-4-6-13(11)18/h3-9H,10H2,1-2H3,(H2,19,20,21,22). The van der Waals surface area contributed by atoms with Gasteiger partial charge in [-0.2, -0.15) is 4.98 Å². The molecule has 2 N–H and O–H groups in total. The van der Waals surface area contributed by atoms with Crippen LogP contribution in [0.2, 0.25) is 0 Å². The summed E-state index contributed by atoms with van der Waals surface area (Å²) < 4.78 is 24.1. The van der Waals surface area contributed by atoms with Gasteiger partial charge in [-0.1, -0.05) is 30.0 Å². The second-order valence-electron chi connectivity index (χ2n) is 5.04. The van der Waals surface area contributed by atoms with Crippen LogP contribution in [0.4, 0.5) is 16.0 Å². The molecule has 3 aromatic rings. The fourth-order valence-electron chi connectivity index (χ4n) is 2.15. The molecular weight excluding hydrogens is 343 g/mol. The summed E-state index contributed by atoms with van der Waals surface area (Å²) in [6, 6.07) is 12.1. The minimum absolute atomic E-state index is 0.230. The number of nitrogens with zero attached hydrogens (tertiary/aromatic N) is 2. The Morgan fingerprint density at radius 2 is 2.00 bits per heavy atom. The second kappa shape index (κ2) is 7.89. The number of aromatic amines is 1. The maximum absolute atomic E-state index is 13.6. The molecule has 0 aliphatic rings.